The molecule has 39 heavy (non-hydrogen) atoms. The number of rotatable bonds is 23. The van der Waals surface area contributed by atoms with Gasteiger partial charge >= 0.3 is 0 Å². The third-order valence-electron chi connectivity index (χ3n) is 7.35. The van der Waals surface area contributed by atoms with Gasteiger partial charge in [0, 0.05) is 6.61 Å². The average Bonchev–Trinajstić information content (AvgIpc) is 3.39. The number of hydrogen-bond acceptors (Lipinski definition) is 5. The lowest BCUT2D eigenvalue weighted by molar-refractivity contribution is 0.0101. The summed E-state index contributed by atoms with van der Waals surface area (Å²) in [5.41, 5.74) is 2.44. The molecule has 5 nitrogen and oxygen atoms in total. The fourth-order valence-electron chi connectivity index (χ4n) is 4.74. The summed E-state index contributed by atoms with van der Waals surface area (Å²) < 4.78 is 27.6. The molecule has 6 heteroatoms. The lowest BCUT2D eigenvalue weighted by Gasteiger charge is -2.12. The van der Waals surface area contributed by atoms with Gasteiger partial charge in [0.05, 0.1) is 33.0 Å². The third kappa shape index (κ3) is 18.3. The van der Waals surface area contributed by atoms with Crippen molar-refractivity contribution in [3.8, 4) is 11.5 Å². The van der Waals surface area contributed by atoms with E-state index in [1.807, 2.05) is 6.07 Å². The predicted octanol–water partition coefficient (Wildman–Crippen LogP) is 8.63. The Morgan fingerprint density at radius 2 is 1.18 bits per heavy atom. The summed E-state index contributed by atoms with van der Waals surface area (Å²) in [6, 6.07) is 4.12. The van der Waals surface area contributed by atoms with Crippen LogP contribution in [0.5, 0.6) is 11.5 Å². The first-order valence-corrected chi connectivity index (χ1v) is 18.2. The molecule has 2 atom stereocenters. The summed E-state index contributed by atoms with van der Waals surface area (Å²) in [6.07, 6.45) is 13.0. The maximum atomic E-state index is 5.75. The Kier molecular flexibility index (Phi) is 23.2. The first-order valence-electron chi connectivity index (χ1n) is 16.2. The predicted molar refractivity (Wildman–Crippen MR) is 167 cm³/mol. The lowest BCUT2D eigenvalue weighted by Crippen LogP contribution is -2.10. The number of aryl methyl sites for hydroxylation is 1. The molecular formula is C33H61AlO5. The van der Waals surface area contributed by atoms with Crippen LogP contribution < -0.4 is 9.47 Å². The standard InChI is InChI=1S/C19H30O5.2C7H15.Al.H/c1-3-5-7-20-8-9-21-10-11-22-14-17-13-19-18(23-15-24-19)12-16(17)6-4-2;2*1-4-5-6-7(2)3;;/h12-13H,3-11,14-15H2,1-2H3;2*7H,2,4-6H2,1,3H3;;. The van der Waals surface area contributed by atoms with E-state index < -0.39 is 0 Å². The molecule has 0 saturated carbocycles. The number of hydrogen-bond donors (Lipinski definition) is 0. The van der Waals surface area contributed by atoms with E-state index >= 15 is 0 Å². The van der Waals surface area contributed by atoms with Crippen molar-refractivity contribution < 1.29 is 23.7 Å². The molecule has 0 N–H and O–H groups in total. The van der Waals surface area contributed by atoms with Crippen molar-refractivity contribution in [2.75, 3.05) is 39.8 Å². The van der Waals surface area contributed by atoms with Gasteiger partial charge in [-0.25, -0.2) is 0 Å². The van der Waals surface area contributed by atoms with E-state index in [9.17, 15) is 0 Å². The number of unbranched alkanes of at least 4 members (excludes halogenated alkanes) is 3. The molecule has 1 aromatic carbocycles. The van der Waals surface area contributed by atoms with E-state index in [-0.39, 0.29) is 15.2 Å². The summed E-state index contributed by atoms with van der Waals surface area (Å²) >= 11 is 0.260. The zero-order chi connectivity index (χ0) is 28.6. The van der Waals surface area contributed by atoms with Gasteiger partial charge in [0.25, 0.3) is 0 Å². The highest BCUT2D eigenvalue weighted by Gasteiger charge is 2.17. The molecule has 2 rings (SSSR count). The molecule has 0 spiro atoms. The maximum absolute atomic E-state index is 5.75. The minimum Gasteiger partial charge on any atom is -0.454 e. The van der Waals surface area contributed by atoms with E-state index in [0.717, 1.165) is 55.6 Å². The van der Waals surface area contributed by atoms with Crippen LogP contribution in [0.25, 0.3) is 0 Å². The van der Waals surface area contributed by atoms with Gasteiger partial charge in [-0.05, 0) is 36.1 Å². The third-order valence-corrected chi connectivity index (χ3v) is 10.1. The monoisotopic (exact) mass is 564 g/mol. The first-order chi connectivity index (χ1) is 19.0. The van der Waals surface area contributed by atoms with Gasteiger partial charge in [0.15, 0.2) is 11.5 Å². The van der Waals surface area contributed by atoms with Crippen molar-refractivity contribution in [3.05, 3.63) is 23.3 Å². The second-order valence-electron chi connectivity index (χ2n) is 11.3. The highest BCUT2D eigenvalue weighted by Crippen LogP contribution is 2.35. The van der Waals surface area contributed by atoms with Gasteiger partial charge in [-0.3, -0.25) is 0 Å². The van der Waals surface area contributed by atoms with Gasteiger partial charge in [-0.1, -0.05) is 115 Å². The summed E-state index contributed by atoms with van der Waals surface area (Å²) in [5, 5.41) is 3.19. The van der Waals surface area contributed by atoms with E-state index in [4.69, 9.17) is 23.7 Å². The van der Waals surface area contributed by atoms with Crippen molar-refractivity contribution >= 4 is 15.2 Å². The van der Waals surface area contributed by atoms with Crippen LogP contribution in [0.1, 0.15) is 110 Å². The molecule has 0 radical (unpaired) electrons. The number of benzene rings is 1. The van der Waals surface area contributed by atoms with Gasteiger partial charge in [0.2, 0.25) is 22.0 Å². The fourth-order valence-corrected chi connectivity index (χ4v) is 6.95. The van der Waals surface area contributed by atoms with Crippen LogP contribution in [0.3, 0.4) is 0 Å². The highest BCUT2D eigenvalue weighted by atomic mass is 27.1. The minimum atomic E-state index is 0.260. The van der Waals surface area contributed by atoms with Gasteiger partial charge in [-0.2, -0.15) is 0 Å². The van der Waals surface area contributed by atoms with Crippen LogP contribution >= 0.6 is 0 Å². The Hall–Kier alpha value is -0.768. The molecule has 0 aliphatic carbocycles. The first kappa shape index (κ1) is 36.3. The second-order valence-corrected chi connectivity index (χ2v) is 13.1. The van der Waals surface area contributed by atoms with Crippen LogP contribution in [0.4, 0.5) is 0 Å². The molecule has 1 heterocycles. The van der Waals surface area contributed by atoms with Crippen molar-refractivity contribution in [3.63, 3.8) is 0 Å². The fraction of sp³-hybridized carbons (Fsp3) is 0.818. The van der Waals surface area contributed by atoms with Crippen LogP contribution in [-0.2, 0) is 27.2 Å². The molecule has 0 amide bonds. The molecule has 1 aliphatic rings. The van der Waals surface area contributed by atoms with Crippen molar-refractivity contribution in [2.45, 2.75) is 123 Å². The zero-order valence-corrected chi connectivity index (χ0v) is 27.9. The maximum Gasteiger partial charge on any atom is 0.237 e. The highest BCUT2D eigenvalue weighted by molar-refractivity contribution is 6.35. The topological polar surface area (TPSA) is 46.2 Å². The van der Waals surface area contributed by atoms with Crippen LogP contribution in [-0.4, -0.2) is 55.0 Å². The molecule has 0 aromatic heterocycles. The molecule has 1 aliphatic heterocycles. The summed E-state index contributed by atoms with van der Waals surface area (Å²) in [7, 11) is 0. The van der Waals surface area contributed by atoms with Crippen LogP contribution in [0, 0.1) is 11.8 Å². The van der Waals surface area contributed by atoms with Gasteiger partial charge in [-0.15, -0.1) is 0 Å². The summed E-state index contributed by atoms with van der Waals surface area (Å²) in [4.78, 5) is 0. The molecule has 226 valence electrons. The van der Waals surface area contributed by atoms with Crippen molar-refractivity contribution in [1.82, 2.24) is 0 Å². The van der Waals surface area contributed by atoms with Gasteiger partial charge in [0.1, 0.15) is 0 Å². The van der Waals surface area contributed by atoms with Gasteiger partial charge < -0.3 is 23.7 Å². The SMILES string of the molecule is CCCCC(C)[CH2][AlH][CH2]C(C)CCCC.CCCCOCCOCCOCc1cc2c(cc1CCC)OCO2. The van der Waals surface area contributed by atoms with Crippen LogP contribution in [0.2, 0.25) is 10.6 Å². The molecule has 0 bridgehead atoms. The lowest BCUT2D eigenvalue weighted by atomic mass is 10.0. The zero-order valence-electron chi connectivity index (χ0n) is 26.5. The second kappa shape index (κ2) is 25.0. The normalized spacial score (nSPS) is 13.6. The average molecular weight is 565 g/mol. The quantitative estimate of drug-likeness (QED) is 0.0983. The van der Waals surface area contributed by atoms with Crippen LogP contribution in [0.15, 0.2) is 12.1 Å². The Bertz CT molecular complexity index is 685. The van der Waals surface area contributed by atoms with Crippen molar-refractivity contribution in [2.24, 2.45) is 11.8 Å². The Labute approximate surface area is 247 Å². The number of ether oxygens (including phenoxy) is 5. The smallest absolute Gasteiger partial charge is 0.237 e. The van der Waals surface area contributed by atoms with E-state index in [2.05, 4.69) is 47.6 Å². The summed E-state index contributed by atoms with van der Waals surface area (Å²) in [6.45, 7) is 18.0. The molecule has 0 saturated heterocycles. The molecule has 0 fully saturated rings. The Morgan fingerprint density at radius 3 is 1.72 bits per heavy atom. The Morgan fingerprint density at radius 1 is 0.667 bits per heavy atom. The van der Waals surface area contributed by atoms with E-state index in [0.29, 0.717) is 39.8 Å². The molecule has 2 unspecified atom stereocenters. The largest absolute Gasteiger partial charge is 0.454 e. The van der Waals surface area contributed by atoms with E-state index in [1.165, 1.54) is 49.7 Å². The van der Waals surface area contributed by atoms with E-state index in [1.54, 1.807) is 10.6 Å². The Balaban J connectivity index is 0.000000439. The number of fused-ring (bicyclic) bond motifs is 1. The molecular weight excluding hydrogens is 503 g/mol. The minimum absolute atomic E-state index is 0.260. The van der Waals surface area contributed by atoms with Crippen molar-refractivity contribution in [1.29, 1.82) is 0 Å². The summed E-state index contributed by atoms with van der Waals surface area (Å²) in [5.74, 6) is 3.70. The molecule has 1 aromatic rings.